The van der Waals surface area contributed by atoms with Crippen LogP contribution >= 0.6 is 0 Å². The summed E-state index contributed by atoms with van der Waals surface area (Å²) in [7, 11) is 0. The number of rotatable bonds is 2. The van der Waals surface area contributed by atoms with Crippen LogP contribution in [0, 0.1) is 6.92 Å². The van der Waals surface area contributed by atoms with Crippen LogP contribution in [0.25, 0.3) is 11.0 Å². The largest absolute Gasteiger partial charge is 0.459 e. The fourth-order valence-electron chi connectivity index (χ4n) is 3.67. The van der Waals surface area contributed by atoms with Crippen molar-refractivity contribution in [3.63, 3.8) is 0 Å². The number of hydrogen-bond acceptors (Lipinski definition) is 3. The number of hydrogen-bond donors (Lipinski definition) is 2. The van der Waals surface area contributed by atoms with Gasteiger partial charge in [0, 0.05) is 16.6 Å². The first kappa shape index (κ1) is 18.1. The number of para-hydroxylation sites is 2. The molecule has 0 bridgehead atoms. The number of carbonyl (C=O) groups excluding carboxylic acids is 2. The fraction of sp³-hybridized carbons (Fsp3) is 0.273. The summed E-state index contributed by atoms with van der Waals surface area (Å²) in [5.74, 6) is 0.523. The van der Waals surface area contributed by atoms with Gasteiger partial charge >= 0.3 is 6.03 Å². The molecule has 1 aliphatic heterocycles. The van der Waals surface area contributed by atoms with Gasteiger partial charge in [-0.05, 0) is 38.5 Å². The van der Waals surface area contributed by atoms with Crippen molar-refractivity contribution < 1.29 is 14.0 Å². The molecular formula is C22H23N3O3. The molecule has 1 aliphatic rings. The Hall–Kier alpha value is -3.28. The van der Waals surface area contributed by atoms with Gasteiger partial charge in [0.05, 0.1) is 12.6 Å². The maximum Gasteiger partial charge on any atom is 0.318 e. The number of benzene rings is 2. The third-order valence-electron chi connectivity index (χ3n) is 5.34. The lowest BCUT2D eigenvalue weighted by molar-refractivity contribution is -0.119. The molecule has 1 aromatic heterocycles. The standard InChI is InChI=1S/C22H23N3O3/c1-13-17-9-5-7-11-19(17)28-20(13)14(2)23-22(27)25-12-16-8-4-6-10-18(16)24-21(26)15(25)3/h4-11,14-15H,12H2,1-3H3,(H,23,27)(H,24,26)/t14-,15?/m1/s1. The fourth-order valence-corrected chi connectivity index (χ4v) is 3.67. The monoisotopic (exact) mass is 377 g/mol. The van der Waals surface area contributed by atoms with Crippen molar-refractivity contribution in [2.75, 3.05) is 5.32 Å². The number of nitrogens with zero attached hydrogens (tertiary/aromatic N) is 1. The predicted octanol–water partition coefficient (Wildman–Crippen LogP) is 4.35. The second kappa shape index (κ2) is 7.03. The van der Waals surface area contributed by atoms with E-state index in [2.05, 4.69) is 10.6 Å². The van der Waals surface area contributed by atoms with Gasteiger partial charge in [-0.15, -0.1) is 0 Å². The van der Waals surface area contributed by atoms with Crippen LogP contribution in [0.5, 0.6) is 0 Å². The van der Waals surface area contributed by atoms with E-state index in [0.29, 0.717) is 6.54 Å². The zero-order valence-corrected chi connectivity index (χ0v) is 16.2. The number of nitrogens with one attached hydrogen (secondary N) is 2. The van der Waals surface area contributed by atoms with Gasteiger partial charge < -0.3 is 20.0 Å². The second-order valence-electron chi connectivity index (χ2n) is 7.21. The average Bonchev–Trinajstić information content (AvgIpc) is 2.96. The molecule has 2 aromatic carbocycles. The number of amides is 3. The molecule has 0 saturated heterocycles. The molecule has 144 valence electrons. The van der Waals surface area contributed by atoms with Gasteiger partial charge in [0.25, 0.3) is 0 Å². The van der Waals surface area contributed by atoms with Crippen molar-refractivity contribution in [3.05, 3.63) is 65.4 Å². The third kappa shape index (κ3) is 3.11. The Morgan fingerprint density at radius 3 is 2.71 bits per heavy atom. The van der Waals surface area contributed by atoms with Gasteiger partial charge in [-0.3, -0.25) is 4.79 Å². The van der Waals surface area contributed by atoms with Crippen molar-refractivity contribution in [3.8, 4) is 0 Å². The Balaban J connectivity index is 1.58. The first-order chi connectivity index (χ1) is 13.5. The Bertz CT molecular complexity index is 1060. The first-order valence-corrected chi connectivity index (χ1v) is 9.39. The molecule has 0 fully saturated rings. The minimum absolute atomic E-state index is 0.201. The van der Waals surface area contributed by atoms with Crippen molar-refractivity contribution >= 4 is 28.6 Å². The Labute approximate surface area is 163 Å². The molecule has 2 N–H and O–H groups in total. The number of carbonyl (C=O) groups is 2. The van der Waals surface area contributed by atoms with E-state index < -0.39 is 6.04 Å². The van der Waals surface area contributed by atoms with Crippen LogP contribution < -0.4 is 10.6 Å². The summed E-state index contributed by atoms with van der Waals surface area (Å²) in [6.07, 6.45) is 0. The first-order valence-electron chi connectivity index (χ1n) is 9.39. The molecule has 2 heterocycles. The van der Waals surface area contributed by atoms with Crippen molar-refractivity contribution in [2.45, 2.75) is 39.4 Å². The van der Waals surface area contributed by atoms with Crippen LogP contribution in [0.4, 0.5) is 10.5 Å². The van der Waals surface area contributed by atoms with Crippen LogP contribution in [-0.2, 0) is 11.3 Å². The molecule has 0 aliphatic carbocycles. The molecule has 3 aromatic rings. The van der Waals surface area contributed by atoms with Crippen molar-refractivity contribution in [1.82, 2.24) is 10.2 Å². The molecule has 6 heteroatoms. The smallest absolute Gasteiger partial charge is 0.318 e. The average molecular weight is 377 g/mol. The molecular weight excluding hydrogens is 354 g/mol. The third-order valence-corrected chi connectivity index (χ3v) is 5.34. The molecule has 0 radical (unpaired) electrons. The van der Waals surface area contributed by atoms with E-state index in [1.165, 1.54) is 0 Å². The molecule has 3 amide bonds. The Morgan fingerprint density at radius 2 is 1.93 bits per heavy atom. The summed E-state index contributed by atoms with van der Waals surface area (Å²) in [6.45, 7) is 5.97. The van der Waals surface area contributed by atoms with Crippen LogP contribution in [-0.4, -0.2) is 22.9 Å². The number of aryl methyl sites for hydroxylation is 1. The highest BCUT2D eigenvalue weighted by Gasteiger charge is 2.31. The minimum Gasteiger partial charge on any atom is -0.459 e. The summed E-state index contributed by atoms with van der Waals surface area (Å²) in [6, 6.07) is 14.1. The van der Waals surface area contributed by atoms with Gasteiger partial charge in [-0.25, -0.2) is 4.79 Å². The lowest BCUT2D eigenvalue weighted by Crippen LogP contribution is -2.48. The molecule has 2 atom stereocenters. The van der Waals surface area contributed by atoms with E-state index in [0.717, 1.165) is 33.5 Å². The van der Waals surface area contributed by atoms with Gasteiger partial charge in [-0.2, -0.15) is 0 Å². The zero-order chi connectivity index (χ0) is 19.8. The maximum atomic E-state index is 13.0. The van der Waals surface area contributed by atoms with E-state index in [1.54, 1.807) is 11.8 Å². The second-order valence-corrected chi connectivity index (χ2v) is 7.21. The van der Waals surface area contributed by atoms with Crippen LogP contribution in [0.15, 0.2) is 52.9 Å². The molecule has 28 heavy (non-hydrogen) atoms. The Kier molecular flexibility index (Phi) is 4.55. The summed E-state index contributed by atoms with van der Waals surface area (Å²) in [4.78, 5) is 27.0. The van der Waals surface area contributed by atoms with Gasteiger partial charge in [0.1, 0.15) is 17.4 Å². The number of fused-ring (bicyclic) bond motifs is 2. The summed E-state index contributed by atoms with van der Waals surface area (Å²) < 4.78 is 5.97. The Morgan fingerprint density at radius 1 is 1.21 bits per heavy atom. The highest BCUT2D eigenvalue weighted by molar-refractivity contribution is 5.98. The van der Waals surface area contributed by atoms with E-state index in [1.807, 2.05) is 62.4 Å². The quantitative estimate of drug-likeness (QED) is 0.697. The van der Waals surface area contributed by atoms with Crippen LogP contribution in [0.1, 0.15) is 36.8 Å². The van der Waals surface area contributed by atoms with Gasteiger partial charge in [-0.1, -0.05) is 36.4 Å². The van der Waals surface area contributed by atoms with E-state index in [9.17, 15) is 9.59 Å². The molecule has 6 nitrogen and oxygen atoms in total. The highest BCUT2D eigenvalue weighted by Crippen LogP contribution is 2.30. The van der Waals surface area contributed by atoms with Gasteiger partial charge in [0.15, 0.2) is 0 Å². The lowest BCUT2D eigenvalue weighted by atomic mass is 10.1. The van der Waals surface area contributed by atoms with E-state index >= 15 is 0 Å². The van der Waals surface area contributed by atoms with Crippen molar-refractivity contribution in [2.24, 2.45) is 0 Å². The van der Waals surface area contributed by atoms with E-state index in [-0.39, 0.29) is 18.0 Å². The zero-order valence-electron chi connectivity index (χ0n) is 16.2. The topological polar surface area (TPSA) is 74.6 Å². The normalized spacial score (nSPS) is 17.6. The lowest BCUT2D eigenvalue weighted by Gasteiger charge is -2.27. The molecule has 0 spiro atoms. The molecule has 0 saturated carbocycles. The van der Waals surface area contributed by atoms with Crippen molar-refractivity contribution in [1.29, 1.82) is 0 Å². The van der Waals surface area contributed by atoms with E-state index in [4.69, 9.17) is 4.42 Å². The predicted molar refractivity (Wildman–Crippen MR) is 108 cm³/mol. The molecule has 4 rings (SSSR count). The summed E-state index contributed by atoms with van der Waals surface area (Å²) >= 11 is 0. The molecule has 1 unspecified atom stereocenters. The summed E-state index contributed by atoms with van der Waals surface area (Å²) in [5.41, 5.74) is 3.46. The number of urea groups is 1. The number of anilines is 1. The summed E-state index contributed by atoms with van der Waals surface area (Å²) in [5, 5.41) is 6.92. The van der Waals surface area contributed by atoms with Crippen LogP contribution in [0.2, 0.25) is 0 Å². The SMILES string of the molecule is Cc1c([C@@H](C)NC(=O)N2Cc3ccccc3NC(=O)C2C)oc2ccccc12. The minimum atomic E-state index is -0.587. The van der Waals surface area contributed by atoms with Crippen LogP contribution in [0.3, 0.4) is 0 Å². The highest BCUT2D eigenvalue weighted by atomic mass is 16.3. The number of furan rings is 1. The van der Waals surface area contributed by atoms with Gasteiger partial charge in [0.2, 0.25) is 5.91 Å². The maximum absolute atomic E-state index is 13.0.